The highest BCUT2D eigenvalue weighted by molar-refractivity contribution is 7.85. The van der Waals surface area contributed by atoms with E-state index < -0.39 is 20.2 Å². The smallest absolute Gasteiger partial charge is 0.261 e. The van der Waals surface area contributed by atoms with Crippen molar-refractivity contribution in [1.82, 2.24) is 0 Å². The van der Waals surface area contributed by atoms with Gasteiger partial charge in [0.25, 0.3) is 20.2 Å². The first-order valence-corrected chi connectivity index (χ1v) is 5.99. The second kappa shape index (κ2) is 7.43. The van der Waals surface area contributed by atoms with Crippen molar-refractivity contribution >= 4 is 20.2 Å². The molecule has 0 fully saturated rings. The summed E-state index contributed by atoms with van der Waals surface area (Å²) >= 11 is 0. The molecule has 0 aromatic carbocycles. The Morgan fingerprint density at radius 3 is 0.750 bits per heavy atom. The second-order valence-electron chi connectivity index (χ2n) is 1.47. The van der Waals surface area contributed by atoms with E-state index in [-0.39, 0.29) is 0 Å². The maximum Gasteiger partial charge on any atom is 0.261 e. The molecule has 7 nitrogen and oxygen atoms in total. The molecule has 78 valence electrons. The second-order valence-corrected chi connectivity index (χ2v) is 4.40. The third-order valence-corrected chi connectivity index (χ3v) is 0. The summed E-state index contributed by atoms with van der Waals surface area (Å²) in [5.41, 5.74) is 0. The van der Waals surface area contributed by atoms with Crippen molar-refractivity contribution in [3.05, 3.63) is 0 Å². The minimum absolute atomic E-state index is 0.715. The maximum atomic E-state index is 9.19. The van der Waals surface area contributed by atoms with Gasteiger partial charge >= 0.3 is 0 Å². The Labute approximate surface area is 71.5 Å². The third kappa shape index (κ3) is 15600. The Morgan fingerprint density at radius 2 is 0.750 bits per heavy atom. The topological polar surface area (TPSA) is 129 Å². The Bertz CT molecular complexity index is 213. The van der Waals surface area contributed by atoms with Gasteiger partial charge < -0.3 is 5.11 Å². The summed E-state index contributed by atoms with van der Waals surface area (Å²) in [4.78, 5) is 0. The van der Waals surface area contributed by atoms with Crippen LogP contribution in [-0.4, -0.2) is 50.7 Å². The Morgan fingerprint density at radius 1 is 0.750 bits per heavy atom. The predicted octanol–water partition coefficient (Wildman–Crippen LogP) is -1.38. The van der Waals surface area contributed by atoms with Crippen molar-refractivity contribution in [3.63, 3.8) is 0 Å². The lowest BCUT2D eigenvalue weighted by atomic mass is 11.8. The molecule has 3 N–H and O–H groups in total. The average molecular weight is 224 g/mol. The fraction of sp³-hybridized carbons (Fsp3) is 1.00. The zero-order valence-electron chi connectivity index (χ0n) is 6.79. The van der Waals surface area contributed by atoms with E-state index in [1.165, 1.54) is 0 Å². The SMILES string of the molecule is CO.CS(=O)(=O)O.CS(=O)(=O)O. The first-order chi connectivity index (χ1) is 5.00. The molecule has 0 saturated heterocycles. The summed E-state index contributed by atoms with van der Waals surface area (Å²) < 4.78 is 51.7. The summed E-state index contributed by atoms with van der Waals surface area (Å²) in [7, 11) is -6.33. The highest BCUT2D eigenvalue weighted by atomic mass is 32.2. The van der Waals surface area contributed by atoms with Crippen LogP contribution < -0.4 is 0 Å². The molecule has 0 spiro atoms. The van der Waals surface area contributed by atoms with Crippen LogP contribution in [0.25, 0.3) is 0 Å². The standard InChI is InChI=1S/2CH4O3S.CH4O/c2*1-5(2,3)4;1-2/h2*1H3,(H,2,3,4);2H,1H3. The molecule has 0 unspecified atom stereocenters. The van der Waals surface area contributed by atoms with Gasteiger partial charge in [-0.05, 0) is 0 Å². The molecule has 9 heteroatoms. The number of aliphatic hydroxyl groups is 1. The van der Waals surface area contributed by atoms with E-state index >= 15 is 0 Å². The lowest BCUT2D eigenvalue weighted by Gasteiger charge is -1.69. The minimum atomic E-state index is -3.67. The summed E-state index contributed by atoms with van der Waals surface area (Å²) in [5, 5.41) is 7.00. The van der Waals surface area contributed by atoms with Crippen molar-refractivity contribution in [2.45, 2.75) is 0 Å². The van der Waals surface area contributed by atoms with Gasteiger partial charge in [-0.2, -0.15) is 16.8 Å². The van der Waals surface area contributed by atoms with Crippen molar-refractivity contribution < 1.29 is 31.0 Å². The van der Waals surface area contributed by atoms with Gasteiger partial charge in [0.05, 0.1) is 12.5 Å². The summed E-state index contributed by atoms with van der Waals surface area (Å²) in [6.07, 6.45) is 1.43. The van der Waals surface area contributed by atoms with Crippen LogP contribution in [0.5, 0.6) is 0 Å². The van der Waals surface area contributed by atoms with Gasteiger partial charge in [-0.3, -0.25) is 9.11 Å². The van der Waals surface area contributed by atoms with Crippen molar-refractivity contribution in [2.24, 2.45) is 0 Å². The molecule has 0 amide bonds. The number of rotatable bonds is 0. The zero-order chi connectivity index (χ0) is 11.0. The van der Waals surface area contributed by atoms with Gasteiger partial charge in [0, 0.05) is 7.11 Å². The van der Waals surface area contributed by atoms with Gasteiger partial charge in [-0.1, -0.05) is 0 Å². The molecule has 12 heavy (non-hydrogen) atoms. The lowest BCUT2D eigenvalue weighted by Crippen LogP contribution is -1.88. The van der Waals surface area contributed by atoms with E-state index in [1.807, 2.05) is 0 Å². The molecule has 0 aliphatic rings. The fourth-order valence-corrected chi connectivity index (χ4v) is 0. The van der Waals surface area contributed by atoms with E-state index in [2.05, 4.69) is 0 Å². The zero-order valence-corrected chi connectivity index (χ0v) is 8.42. The van der Waals surface area contributed by atoms with E-state index in [0.717, 1.165) is 7.11 Å². The molecule has 0 atom stereocenters. The summed E-state index contributed by atoms with van der Waals surface area (Å²) in [5.74, 6) is 0. The van der Waals surface area contributed by atoms with Crippen LogP contribution in [0, 0.1) is 0 Å². The van der Waals surface area contributed by atoms with Crippen LogP contribution in [0.15, 0.2) is 0 Å². The number of hydrogen-bond acceptors (Lipinski definition) is 5. The van der Waals surface area contributed by atoms with Crippen LogP contribution in [0.4, 0.5) is 0 Å². The Kier molecular flexibility index (Phi) is 11.0. The van der Waals surface area contributed by atoms with Crippen LogP contribution >= 0.6 is 0 Å². The number of aliphatic hydroxyl groups excluding tert-OH is 1. The van der Waals surface area contributed by atoms with Crippen molar-refractivity contribution in [2.75, 3.05) is 19.6 Å². The molecule has 0 rings (SSSR count). The predicted molar refractivity (Wildman–Crippen MR) is 43.1 cm³/mol. The van der Waals surface area contributed by atoms with E-state index in [9.17, 15) is 16.8 Å². The van der Waals surface area contributed by atoms with Gasteiger partial charge in [-0.15, -0.1) is 0 Å². The third-order valence-electron chi connectivity index (χ3n) is 0. The van der Waals surface area contributed by atoms with Gasteiger partial charge in [0.15, 0.2) is 0 Å². The molecular formula is C3H12O7S2. The molecule has 0 aromatic rings. The van der Waals surface area contributed by atoms with E-state index in [0.29, 0.717) is 12.5 Å². The number of hydrogen-bond donors (Lipinski definition) is 3. The van der Waals surface area contributed by atoms with E-state index in [1.54, 1.807) is 0 Å². The molecule has 0 saturated carbocycles. The van der Waals surface area contributed by atoms with Gasteiger partial charge in [0.2, 0.25) is 0 Å². The summed E-state index contributed by atoms with van der Waals surface area (Å²) in [6, 6.07) is 0. The van der Waals surface area contributed by atoms with Crippen LogP contribution in [-0.2, 0) is 20.2 Å². The fourth-order valence-electron chi connectivity index (χ4n) is 0. The largest absolute Gasteiger partial charge is 0.400 e. The Balaban J connectivity index is -0.000000112. The maximum absolute atomic E-state index is 9.19. The lowest BCUT2D eigenvalue weighted by molar-refractivity contribution is 0.399. The van der Waals surface area contributed by atoms with Crippen LogP contribution in [0.2, 0.25) is 0 Å². The normalized spacial score (nSPS) is 10.2. The summed E-state index contributed by atoms with van der Waals surface area (Å²) in [6.45, 7) is 0. The van der Waals surface area contributed by atoms with Gasteiger partial charge in [-0.25, -0.2) is 0 Å². The quantitative estimate of drug-likeness (QED) is 0.432. The van der Waals surface area contributed by atoms with Crippen LogP contribution in [0.3, 0.4) is 0 Å². The van der Waals surface area contributed by atoms with E-state index in [4.69, 9.17) is 14.2 Å². The first-order valence-electron chi connectivity index (χ1n) is 2.30. The van der Waals surface area contributed by atoms with Crippen molar-refractivity contribution in [1.29, 1.82) is 0 Å². The first kappa shape index (κ1) is 17.8. The Hall–Kier alpha value is -0.220. The molecule has 0 heterocycles. The average Bonchev–Trinajstić information content (AvgIpc) is 1.59. The van der Waals surface area contributed by atoms with Gasteiger partial charge in [0.1, 0.15) is 0 Å². The molecule has 0 aromatic heterocycles. The molecule has 0 radical (unpaired) electrons. The molecule has 0 aliphatic carbocycles. The minimum Gasteiger partial charge on any atom is -0.400 e. The monoisotopic (exact) mass is 224 g/mol. The van der Waals surface area contributed by atoms with Crippen molar-refractivity contribution in [3.8, 4) is 0 Å². The molecular weight excluding hydrogens is 212 g/mol. The molecule has 0 aliphatic heterocycles. The molecule has 0 bridgehead atoms. The highest BCUT2D eigenvalue weighted by Gasteiger charge is 1.81. The highest BCUT2D eigenvalue weighted by Crippen LogP contribution is 1.60. The van der Waals surface area contributed by atoms with Crippen LogP contribution in [0.1, 0.15) is 0 Å².